The first-order valence-corrected chi connectivity index (χ1v) is 10.6. The van der Waals surface area contributed by atoms with Gasteiger partial charge in [-0.3, -0.25) is 0 Å². The van der Waals surface area contributed by atoms with Crippen molar-refractivity contribution in [2.45, 2.75) is 38.6 Å². The normalized spacial score (nSPS) is 27.7. The number of pyridine rings is 1. The number of nitrogens with one attached hydrogen (secondary N) is 2. The van der Waals surface area contributed by atoms with E-state index in [0.717, 1.165) is 68.3 Å². The fourth-order valence-electron chi connectivity index (χ4n) is 5.21. The van der Waals surface area contributed by atoms with Crippen molar-refractivity contribution in [1.82, 2.24) is 20.5 Å². The van der Waals surface area contributed by atoms with Crippen LogP contribution in [0.1, 0.15) is 37.7 Å². The largest absolute Gasteiger partial charge is 0.354 e. The highest BCUT2D eigenvalue weighted by molar-refractivity contribution is 5.74. The molecule has 3 unspecified atom stereocenters. The van der Waals surface area contributed by atoms with Gasteiger partial charge in [-0.05, 0) is 56.6 Å². The standard InChI is InChI=1S/C21H33N5O/c1-25-9-11-26(12-10-25)20-19(3-2-7-22-20)15-24-21(27)23-8-6-18-14-16-4-5-17(18)13-16/h2-3,7,16-18H,4-6,8-15H2,1H3,(H2,23,24,27). The van der Waals surface area contributed by atoms with E-state index in [0.29, 0.717) is 6.54 Å². The molecule has 3 aliphatic rings. The number of fused-ring (bicyclic) bond motifs is 2. The Morgan fingerprint density at radius 2 is 2.04 bits per heavy atom. The Morgan fingerprint density at radius 3 is 2.78 bits per heavy atom. The first-order chi connectivity index (χ1) is 13.2. The van der Waals surface area contributed by atoms with E-state index < -0.39 is 0 Å². The van der Waals surface area contributed by atoms with Crippen molar-refractivity contribution < 1.29 is 4.79 Å². The van der Waals surface area contributed by atoms with Crippen LogP contribution in [0, 0.1) is 17.8 Å². The number of anilines is 1. The van der Waals surface area contributed by atoms with Crippen molar-refractivity contribution in [3.8, 4) is 0 Å². The monoisotopic (exact) mass is 371 g/mol. The summed E-state index contributed by atoms with van der Waals surface area (Å²) < 4.78 is 0. The van der Waals surface area contributed by atoms with Gasteiger partial charge in [0, 0.05) is 51.0 Å². The van der Waals surface area contributed by atoms with Crippen molar-refractivity contribution in [2.75, 3.05) is 44.7 Å². The second-order valence-electron chi connectivity index (χ2n) is 8.61. The van der Waals surface area contributed by atoms with Gasteiger partial charge < -0.3 is 20.4 Å². The predicted octanol–water partition coefficient (Wildman–Crippen LogP) is 2.46. The molecule has 2 heterocycles. The first-order valence-electron chi connectivity index (χ1n) is 10.6. The summed E-state index contributed by atoms with van der Waals surface area (Å²) in [7, 11) is 2.15. The second-order valence-corrected chi connectivity index (χ2v) is 8.61. The molecule has 0 aromatic carbocycles. The molecule has 6 nitrogen and oxygen atoms in total. The molecule has 27 heavy (non-hydrogen) atoms. The van der Waals surface area contributed by atoms with E-state index in [4.69, 9.17) is 0 Å². The van der Waals surface area contributed by atoms with Gasteiger partial charge in [0.2, 0.25) is 0 Å². The Kier molecular flexibility index (Phi) is 5.81. The number of hydrogen-bond donors (Lipinski definition) is 2. The minimum Gasteiger partial charge on any atom is -0.354 e. The molecule has 3 fully saturated rings. The van der Waals surface area contributed by atoms with Crippen LogP contribution in [0.2, 0.25) is 0 Å². The van der Waals surface area contributed by atoms with E-state index in [1.54, 1.807) is 0 Å². The molecule has 0 radical (unpaired) electrons. The van der Waals surface area contributed by atoms with E-state index in [-0.39, 0.29) is 6.03 Å². The molecule has 148 valence electrons. The molecule has 2 aliphatic carbocycles. The van der Waals surface area contributed by atoms with E-state index in [1.165, 1.54) is 25.7 Å². The highest BCUT2D eigenvalue weighted by Crippen LogP contribution is 2.49. The highest BCUT2D eigenvalue weighted by atomic mass is 16.2. The van der Waals surface area contributed by atoms with Gasteiger partial charge >= 0.3 is 6.03 Å². The van der Waals surface area contributed by atoms with E-state index in [9.17, 15) is 4.79 Å². The Hall–Kier alpha value is -1.82. The molecular weight excluding hydrogens is 338 g/mol. The van der Waals surface area contributed by atoms with Crippen LogP contribution in [-0.2, 0) is 6.54 Å². The quantitative estimate of drug-likeness (QED) is 0.806. The average Bonchev–Trinajstić information content (AvgIpc) is 3.31. The van der Waals surface area contributed by atoms with Crippen LogP contribution < -0.4 is 15.5 Å². The lowest BCUT2D eigenvalue weighted by atomic mass is 9.86. The molecule has 6 heteroatoms. The lowest BCUT2D eigenvalue weighted by Crippen LogP contribution is -2.45. The number of carbonyl (C=O) groups is 1. The van der Waals surface area contributed by atoms with Gasteiger partial charge in [0.15, 0.2) is 0 Å². The van der Waals surface area contributed by atoms with Crippen molar-refractivity contribution in [2.24, 2.45) is 17.8 Å². The van der Waals surface area contributed by atoms with Crippen molar-refractivity contribution in [3.63, 3.8) is 0 Å². The number of amides is 2. The second kappa shape index (κ2) is 8.46. The van der Waals surface area contributed by atoms with Gasteiger partial charge in [0.05, 0.1) is 0 Å². The topological polar surface area (TPSA) is 60.5 Å². The molecule has 2 saturated carbocycles. The summed E-state index contributed by atoms with van der Waals surface area (Å²) >= 11 is 0. The lowest BCUT2D eigenvalue weighted by molar-refractivity contribution is 0.237. The SMILES string of the molecule is CN1CCN(c2ncccc2CNC(=O)NCCC2CC3CCC2C3)CC1. The summed E-state index contributed by atoms with van der Waals surface area (Å²) in [4.78, 5) is 21.5. The highest BCUT2D eigenvalue weighted by Gasteiger charge is 2.38. The van der Waals surface area contributed by atoms with Crippen molar-refractivity contribution >= 4 is 11.8 Å². The fraction of sp³-hybridized carbons (Fsp3) is 0.714. The third kappa shape index (κ3) is 4.54. The molecule has 4 rings (SSSR count). The summed E-state index contributed by atoms with van der Waals surface area (Å²) in [6.45, 7) is 5.37. The number of carbonyl (C=O) groups excluding carboxylic acids is 1. The molecule has 1 aliphatic heterocycles. The van der Waals surface area contributed by atoms with Gasteiger partial charge in [0.1, 0.15) is 5.82 Å². The molecule has 1 saturated heterocycles. The Balaban J connectivity index is 1.22. The van der Waals surface area contributed by atoms with Gasteiger partial charge in [-0.2, -0.15) is 0 Å². The van der Waals surface area contributed by atoms with E-state index >= 15 is 0 Å². The molecule has 2 bridgehead atoms. The molecule has 1 aromatic rings. The molecule has 2 N–H and O–H groups in total. The smallest absolute Gasteiger partial charge is 0.315 e. The number of hydrogen-bond acceptors (Lipinski definition) is 4. The summed E-state index contributed by atoms with van der Waals surface area (Å²) in [5.74, 6) is 3.76. The molecule has 0 spiro atoms. The summed E-state index contributed by atoms with van der Waals surface area (Å²) in [5.41, 5.74) is 1.09. The van der Waals surface area contributed by atoms with Crippen LogP contribution >= 0.6 is 0 Å². The van der Waals surface area contributed by atoms with Gasteiger partial charge in [-0.15, -0.1) is 0 Å². The molecule has 2 amide bonds. The van der Waals surface area contributed by atoms with Crippen LogP contribution in [0.15, 0.2) is 18.3 Å². The van der Waals surface area contributed by atoms with Gasteiger partial charge in [0.25, 0.3) is 0 Å². The Bertz CT molecular complexity index is 643. The van der Waals surface area contributed by atoms with Gasteiger partial charge in [-0.1, -0.05) is 12.5 Å². The average molecular weight is 372 g/mol. The van der Waals surface area contributed by atoms with Crippen molar-refractivity contribution in [3.05, 3.63) is 23.9 Å². The molecule has 3 atom stereocenters. The number of aromatic nitrogens is 1. The summed E-state index contributed by atoms with van der Waals surface area (Å²) in [6, 6.07) is 3.95. The maximum Gasteiger partial charge on any atom is 0.315 e. The zero-order valence-electron chi connectivity index (χ0n) is 16.5. The van der Waals surface area contributed by atoms with Crippen molar-refractivity contribution in [1.29, 1.82) is 0 Å². The third-order valence-corrected chi connectivity index (χ3v) is 6.79. The number of likely N-dealkylation sites (N-methyl/N-ethyl adjacent to an activating group) is 1. The fourth-order valence-corrected chi connectivity index (χ4v) is 5.21. The van der Waals surface area contributed by atoms with E-state index in [2.05, 4.69) is 38.5 Å². The van der Waals surface area contributed by atoms with Gasteiger partial charge in [-0.25, -0.2) is 9.78 Å². The molecule has 1 aromatic heterocycles. The minimum absolute atomic E-state index is 0.0636. The van der Waals surface area contributed by atoms with Crippen LogP contribution in [0.25, 0.3) is 0 Å². The van der Waals surface area contributed by atoms with E-state index in [1.807, 2.05) is 12.3 Å². The maximum absolute atomic E-state index is 12.2. The zero-order valence-corrected chi connectivity index (χ0v) is 16.5. The first kappa shape index (κ1) is 18.5. The number of urea groups is 1. The Morgan fingerprint density at radius 1 is 1.19 bits per heavy atom. The third-order valence-electron chi connectivity index (χ3n) is 6.79. The summed E-state index contributed by atoms with van der Waals surface area (Å²) in [5, 5.41) is 6.07. The van der Waals surface area contributed by atoms with Crippen LogP contribution in [-0.4, -0.2) is 55.7 Å². The van der Waals surface area contributed by atoms with Crippen LogP contribution in [0.4, 0.5) is 10.6 Å². The number of piperazine rings is 1. The predicted molar refractivity (Wildman–Crippen MR) is 108 cm³/mol. The summed E-state index contributed by atoms with van der Waals surface area (Å²) in [6.07, 6.45) is 8.65. The van der Waals surface area contributed by atoms with Crippen LogP contribution in [0.5, 0.6) is 0 Å². The molecular formula is C21H33N5O. The minimum atomic E-state index is -0.0636. The maximum atomic E-state index is 12.2. The Labute approximate surface area is 162 Å². The zero-order chi connectivity index (χ0) is 18.6. The lowest BCUT2D eigenvalue weighted by Gasteiger charge is -2.34. The number of rotatable bonds is 6. The number of nitrogens with zero attached hydrogens (tertiary/aromatic N) is 3. The van der Waals surface area contributed by atoms with Crippen LogP contribution in [0.3, 0.4) is 0 Å².